The number of nitrogens with zero attached hydrogens (tertiary/aromatic N) is 1. The Balaban J connectivity index is 1.77. The number of nitrogens with one attached hydrogen (secondary N) is 1. The van der Waals surface area contributed by atoms with Crippen LogP contribution in [0.4, 0.5) is 0 Å². The van der Waals surface area contributed by atoms with Crippen molar-refractivity contribution in [1.82, 2.24) is 9.62 Å². The zero-order chi connectivity index (χ0) is 15.3. The van der Waals surface area contributed by atoms with Crippen LogP contribution in [-0.4, -0.2) is 44.6 Å². The molecule has 0 spiro atoms. The number of likely N-dealkylation sites (tertiary alicyclic amines) is 1. The van der Waals surface area contributed by atoms with Crippen LogP contribution in [0.5, 0.6) is 0 Å². The quantitative estimate of drug-likeness (QED) is 0.862. The van der Waals surface area contributed by atoms with Crippen LogP contribution in [0.3, 0.4) is 0 Å². The molecule has 1 amide bonds. The second-order valence-electron chi connectivity index (χ2n) is 5.41. The largest absolute Gasteiger partial charge is 0.472 e. The molecule has 1 N–H and O–H groups in total. The van der Waals surface area contributed by atoms with Gasteiger partial charge in [0.2, 0.25) is 10.0 Å². The number of rotatable bonds is 6. The zero-order valence-corrected chi connectivity index (χ0v) is 13.1. The zero-order valence-electron chi connectivity index (χ0n) is 12.2. The van der Waals surface area contributed by atoms with Crippen molar-refractivity contribution in [3.63, 3.8) is 0 Å². The second kappa shape index (κ2) is 7.09. The molecule has 0 bridgehead atoms. The van der Waals surface area contributed by atoms with Crippen LogP contribution in [-0.2, 0) is 10.0 Å². The van der Waals surface area contributed by atoms with Gasteiger partial charge in [-0.2, -0.15) is 0 Å². The van der Waals surface area contributed by atoms with Gasteiger partial charge in [0.25, 0.3) is 5.91 Å². The van der Waals surface area contributed by atoms with Gasteiger partial charge in [0.15, 0.2) is 0 Å². The molecule has 0 aliphatic carbocycles. The number of carbonyl (C=O) groups excluding carboxylic acids is 1. The summed E-state index contributed by atoms with van der Waals surface area (Å²) in [5, 5.41) is 0. The van der Waals surface area contributed by atoms with Gasteiger partial charge >= 0.3 is 0 Å². The molecule has 1 aliphatic heterocycles. The molecule has 118 valence electrons. The molecular weight excluding hydrogens is 292 g/mol. The maximum atomic E-state index is 12.1. The average Bonchev–Trinajstić information content (AvgIpc) is 2.99. The van der Waals surface area contributed by atoms with Crippen molar-refractivity contribution in [3.05, 3.63) is 24.2 Å². The first-order chi connectivity index (χ1) is 10.0. The van der Waals surface area contributed by atoms with E-state index in [1.54, 1.807) is 11.0 Å². The van der Waals surface area contributed by atoms with E-state index in [1.165, 1.54) is 12.5 Å². The average molecular weight is 314 g/mol. The highest BCUT2D eigenvalue weighted by Crippen LogP contribution is 2.19. The fourth-order valence-electron chi connectivity index (χ4n) is 2.49. The lowest BCUT2D eigenvalue weighted by atomic mass is 9.97. The molecule has 0 atom stereocenters. The molecule has 1 aliphatic rings. The normalized spacial score (nSPS) is 17.1. The highest BCUT2D eigenvalue weighted by molar-refractivity contribution is 7.89. The Morgan fingerprint density at radius 3 is 2.71 bits per heavy atom. The van der Waals surface area contributed by atoms with E-state index in [-0.39, 0.29) is 11.7 Å². The number of piperidine rings is 1. The molecule has 21 heavy (non-hydrogen) atoms. The maximum absolute atomic E-state index is 12.1. The molecule has 1 aromatic rings. The summed E-state index contributed by atoms with van der Waals surface area (Å²) in [6, 6.07) is 1.66. The summed E-state index contributed by atoms with van der Waals surface area (Å²) in [6.45, 7) is 3.63. The number of furan rings is 1. The highest BCUT2D eigenvalue weighted by atomic mass is 32.2. The van der Waals surface area contributed by atoms with Crippen molar-refractivity contribution in [1.29, 1.82) is 0 Å². The summed E-state index contributed by atoms with van der Waals surface area (Å²) in [4.78, 5) is 13.9. The van der Waals surface area contributed by atoms with E-state index in [0.717, 1.165) is 12.8 Å². The third kappa shape index (κ3) is 4.57. The third-order valence-corrected chi connectivity index (χ3v) is 5.29. The van der Waals surface area contributed by atoms with Gasteiger partial charge in [-0.3, -0.25) is 4.79 Å². The van der Waals surface area contributed by atoms with E-state index < -0.39 is 10.0 Å². The molecule has 1 saturated heterocycles. The maximum Gasteiger partial charge on any atom is 0.257 e. The summed E-state index contributed by atoms with van der Waals surface area (Å²) in [6.07, 6.45) is 5.19. The van der Waals surface area contributed by atoms with Gasteiger partial charge in [-0.15, -0.1) is 0 Å². The first kappa shape index (κ1) is 16.0. The van der Waals surface area contributed by atoms with Crippen molar-refractivity contribution in [2.75, 3.05) is 25.4 Å². The third-order valence-electron chi connectivity index (χ3n) is 3.73. The number of hydrogen-bond donors (Lipinski definition) is 1. The van der Waals surface area contributed by atoms with Crippen molar-refractivity contribution in [2.24, 2.45) is 5.92 Å². The monoisotopic (exact) mass is 314 g/mol. The standard InChI is InChI=1S/C14H22N2O4S/c1-2-9-21(18,19)15-10-12-3-6-16(7-4-12)14(17)13-5-8-20-11-13/h5,8,11-12,15H,2-4,6-7,9-10H2,1H3. The Kier molecular flexibility index (Phi) is 5.41. The minimum Gasteiger partial charge on any atom is -0.472 e. The van der Waals surface area contributed by atoms with Crippen molar-refractivity contribution < 1.29 is 17.6 Å². The van der Waals surface area contributed by atoms with Crippen LogP contribution in [0.1, 0.15) is 36.5 Å². The second-order valence-corrected chi connectivity index (χ2v) is 7.34. The number of hydrogen-bond acceptors (Lipinski definition) is 4. The summed E-state index contributed by atoms with van der Waals surface area (Å²) < 4.78 is 30.8. The molecule has 7 heteroatoms. The minimum atomic E-state index is -3.14. The molecular formula is C14H22N2O4S. The van der Waals surface area contributed by atoms with Gasteiger partial charge in [-0.25, -0.2) is 13.1 Å². The fraction of sp³-hybridized carbons (Fsp3) is 0.643. The van der Waals surface area contributed by atoms with Gasteiger partial charge in [-0.05, 0) is 31.2 Å². The number of carbonyl (C=O) groups is 1. The predicted molar refractivity (Wildman–Crippen MR) is 79.4 cm³/mol. The lowest BCUT2D eigenvalue weighted by molar-refractivity contribution is 0.0691. The van der Waals surface area contributed by atoms with Crippen molar-refractivity contribution in [3.8, 4) is 0 Å². The first-order valence-electron chi connectivity index (χ1n) is 7.30. The summed E-state index contributed by atoms with van der Waals surface area (Å²) in [5.41, 5.74) is 0.567. The smallest absolute Gasteiger partial charge is 0.257 e. The molecule has 0 unspecified atom stereocenters. The van der Waals surface area contributed by atoms with Gasteiger partial charge in [0, 0.05) is 19.6 Å². The Labute approximate surface area is 125 Å². The molecule has 2 rings (SSSR count). The molecule has 0 saturated carbocycles. The summed E-state index contributed by atoms with van der Waals surface area (Å²) >= 11 is 0. The Bertz CT molecular complexity index is 546. The Hall–Kier alpha value is -1.34. The molecule has 1 fully saturated rings. The molecule has 0 radical (unpaired) electrons. The van der Waals surface area contributed by atoms with Gasteiger partial charge in [0.1, 0.15) is 6.26 Å². The van der Waals surface area contributed by atoms with Crippen LogP contribution in [0.15, 0.2) is 23.0 Å². The SMILES string of the molecule is CCCS(=O)(=O)NCC1CCN(C(=O)c2ccoc2)CC1. The number of amides is 1. The van der Waals surface area contributed by atoms with Crippen LogP contribution < -0.4 is 4.72 Å². The lowest BCUT2D eigenvalue weighted by Gasteiger charge is -2.31. The van der Waals surface area contributed by atoms with Gasteiger partial charge in [-0.1, -0.05) is 6.92 Å². The summed E-state index contributed by atoms with van der Waals surface area (Å²) in [5.74, 6) is 0.448. The van der Waals surface area contributed by atoms with Crippen LogP contribution in [0.2, 0.25) is 0 Å². The summed E-state index contributed by atoms with van der Waals surface area (Å²) in [7, 11) is -3.14. The van der Waals surface area contributed by atoms with Crippen LogP contribution in [0, 0.1) is 5.92 Å². The van der Waals surface area contributed by atoms with Crippen LogP contribution >= 0.6 is 0 Å². The Morgan fingerprint density at radius 2 is 2.14 bits per heavy atom. The van der Waals surface area contributed by atoms with Crippen LogP contribution in [0.25, 0.3) is 0 Å². The van der Waals surface area contributed by atoms with Crippen molar-refractivity contribution >= 4 is 15.9 Å². The fourth-order valence-corrected chi connectivity index (χ4v) is 3.67. The molecule has 1 aromatic heterocycles. The number of sulfonamides is 1. The topological polar surface area (TPSA) is 79.6 Å². The van der Waals surface area contributed by atoms with E-state index in [1.807, 2.05) is 6.92 Å². The predicted octanol–water partition coefficient (Wildman–Crippen LogP) is 1.46. The van der Waals surface area contributed by atoms with E-state index in [4.69, 9.17) is 4.42 Å². The first-order valence-corrected chi connectivity index (χ1v) is 8.96. The van der Waals surface area contributed by atoms with Gasteiger partial charge in [0.05, 0.1) is 17.6 Å². The molecule has 0 aromatic carbocycles. The van der Waals surface area contributed by atoms with Gasteiger partial charge < -0.3 is 9.32 Å². The highest BCUT2D eigenvalue weighted by Gasteiger charge is 2.24. The minimum absolute atomic E-state index is 0.0197. The Morgan fingerprint density at radius 1 is 1.43 bits per heavy atom. The van der Waals surface area contributed by atoms with Crippen molar-refractivity contribution in [2.45, 2.75) is 26.2 Å². The van der Waals surface area contributed by atoms with E-state index in [2.05, 4.69) is 4.72 Å². The van der Waals surface area contributed by atoms with E-state index >= 15 is 0 Å². The van der Waals surface area contributed by atoms with E-state index in [9.17, 15) is 13.2 Å². The molecule has 2 heterocycles. The lowest BCUT2D eigenvalue weighted by Crippen LogP contribution is -2.41. The molecule has 6 nitrogen and oxygen atoms in total. The van der Waals surface area contributed by atoms with E-state index in [0.29, 0.717) is 37.5 Å².